The first-order valence-corrected chi connectivity index (χ1v) is 18.7. The molecule has 7 rings (SSSR count). The van der Waals surface area contributed by atoms with E-state index in [2.05, 4.69) is 52.3 Å². The average molecular weight is 830 g/mol. The number of hydrogen-bond acceptors (Lipinski definition) is 9. The summed E-state index contributed by atoms with van der Waals surface area (Å²) in [7, 11) is 9.60. The number of Topliss-reactive ketones (excluding diaryl/α,β-unsaturated/α-hetero) is 1. The van der Waals surface area contributed by atoms with Crippen LogP contribution in [-0.4, -0.2) is 58.2 Å². The van der Waals surface area contributed by atoms with Crippen LogP contribution in [0.1, 0.15) is 38.9 Å². The number of carbonyl (C=O) groups is 1. The van der Waals surface area contributed by atoms with Gasteiger partial charge in [-0.2, -0.15) is 5.10 Å². The third-order valence-electron chi connectivity index (χ3n) is 10.0. The highest BCUT2D eigenvalue weighted by Crippen LogP contribution is 2.43. The highest BCUT2D eigenvalue weighted by molar-refractivity contribution is 9.10. The molecule has 0 amide bonds. The molecule has 0 spiro atoms. The lowest BCUT2D eigenvalue weighted by Crippen LogP contribution is -2.38. The molecule has 0 N–H and O–H groups in total. The lowest BCUT2D eigenvalue weighted by molar-refractivity contribution is 0.0577. The summed E-state index contributed by atoms with van der Waals surface area (Å²) >= 11 is 3.50. The molecule has 0 aliphatic carbocycles. The van der Waals surface area contributed by atoms with Gasteiger partial charge < -0.3 is 32.8 Å². The predicted molar refractivity (Wildman–Crippen MR) is 221 cm³/mol. The molecule has 11 heteroatoms. The minimum atomic E-state index is -0.912. The normalized spacial score (nSPS) is 11.8. The average Bonchev–Trinajstić information content (AvgIpc) is 3.97. The molecule has 290 valence electrons. The van der Waals surface area contributed by atoms with Gasteiger partial charge in [-0.25, -0.2) is 0 Å². The number of ether oxygens (including phenoxy) is 6. The molecular formula is C46H41BrN2O8. The van der Waals surface area contributed by atoms with E-state index < -0.39 is 11.6 Å². The molecule has 0 bridgehead atoms. The number of ketones is 1. The Morgan fingerprint density at radius 2 is 1.11 bits per heavy atom. The predicted octanol–water partition coefficient (Wildman–Crippen LogP) is 10.0. The fourth-order valence-electron chi connectivity index (χ4n) is 7.06. The van der Waals surface area contributed by atoms with Crippen molar-refractivity contribution >= 4 is 21.7 Å². The van der Waals surface area contributed by atoms with Gasteiger partial charge >= 0.3 is 0 Å². The summed E-state index contributed by atoms with van der Waals surface area (Å²) in [5.41, 5.74) is 5.12. The second-order valence-corrected chi connectivity index (χ2v) is 13.8. The van der Waals surface area contributed by atoms with Gasteiger partial charge in [-0.15, -0.1) is 0 Å². The summed E-state index contributed by atoms with van der Waals surface area (Å²) in [6, 6.07) is 38.7. The third-order valence-corrected chi connectivity index (χ3v) is 10.8. The standard InChI is InChI=1S/C46H41BrN2O8/c1-51-36-17-11-33(12-18-36)46(34-13-19-37(52-2)20-14-34,35-15-21-38(53-3)22-16-35)49-28-32(27-48-49)29-7-9-30(10-8-29)45(56-6)44(50)40-24-23-39(57-40)31-25-41(54-4)43(47)42(26-31)55-5/h7-28,45H,1-6H3. The molecule has 5 aromatic carbocycles. The number of halogens is 1. The minimum absolute atomic E-state index is 0.162. The van der Waals surface area contributed by atoms with Crippen LogP contribution in [0.25, 0.3) is 22.5 Å². The van der Waals surface area contributed by atoms with E-state index in [0.29, 0.717) is 32.9 Å². The van der Waals surface area contributed by atoms with Crippen LogP contribution in [0.5, 0.6) is 28.7 Å². The summed E-state index contributed by atoms with van der Waals surface area (Å²) < 4.78 is 42.0. The number of methoxy groups -OCH3 is 6. The van der Waals surface area contributed by atoms with Crippen molar-refractivity contribution in [2.75, 3.05) is 42.7 Å². The Hall–Kier alpha value is -6.30. The Morgan fingerprint density at radius 1 is 0.614 bits per heavy atom. The van der Waals surface area contributed by atoms with Crippen molar-refractivity contribution in [1.29, 1.82) is 0 Å². The molecule has 0 aliphatic heterocycles. The molecular weight excluding hydrogens is 788 g/mol. The van der Waals surface area contributed by atoms with Gasteiger partial charge in [0.15, 0.2) is 5.76 Å². The van der Waals surface area contributed by atoms with Gasteiger partial charge in [0.2, 0.25) is 5.78 Å². The van der Waals surface area contributed by atoms with Crippen LogP contribution in [-0.2, 0) is 10.3 Å². The van der Waals surface area contributed by atoms with Gasteiger partial charge in [-0.3, -0.25) is 9.48 Å². The summed E-state index contributed by atoms with van der Waals surface area (Å²) in [4.78, 5) is 13.8. The lowest BCUT2D eigenvalue weighted by atomic mass is 9.77. The van der Waals surface area contributed by atoms with E-state index in [1.807, 2.05) is 89.9 Å². The van der Waals surface area contributed by atoms with Gasteiger partial charge in [-0.1, -0.05) is 60.7 Å². The Bertz CT molecular complexity index is 2310. The Morgan fingerprint density at radius 3 is 1.54 bits per heavy atom. The Balaban J connectivity index is 1.24. The van der Waals surface area contributed by atoms with E-state index in [0.717, 1.165) is 45.1 Å². The van der Waals surface area contributed by atoms with Crippen LogP contribution in [0.3, 0.4) is 0 Å². The van der Waals surface area contributed by atoms with Gasteiger partial charge in [0.05, 0.1) is 41.7 Å². The molecule has 2 aromatic heterocycles. The molecule has 0 fully saturated rings. The summed E-state index contributed by atoms with van der Waals surface area (Å²) in [6.07, 6.45) is 2.97. The molecule has 1 unspecified atom stereocenters. The quantitative estimate of drug-likeness (QED) is 0.0738. The molecule has 57 heavy (non-hydrogen) atoms. The van der Waals surface area contributed by atoms with Crippen LogP contribution in [0.4, 0.5) is 0 Å². The van der Waals surface area contributed by atoms with E-state index in [9.17, 15) is 4.79 Å². The number of benzene rings is 5. The second-order valence-electron chi connectivity index (χ2n) is 13.0. The van der Waals surface area contributed by atoms with Crippen LogP contribution >= 0.6 is 15.9 Å². The van der Waals surface area contributed by atoms with E-state index in [4.69, 9.17) is 37.9 Å². The lowest BCUT2D eigenvalue weighted by Gasteiger charge is -2.36. The SMILES string of the molecule is COc1ccc(C(c2ccc(OC)cc2)(c2ccc(OC)cc2)n2cc(-c3ccc(C(OC)C(=O)c4ccc(-c5cc(OC)c(Br)c(OC)c5)o4)cc3)cn2)cc1. The molecule has 0 saturated carbocycles. The van der Waals surface area contributed by atoms with Crippen LogP contribution in [0.2, 0.25) is 0 Å². The summed E-state index contributed by atoms with van der Waals surface area (Å²) in [6.45, 7) is 0. The topological polar surface area (TPSA) is 103 Å². The van der Waals surface area contributed by atoms with Crippen molar-refractivity contribution in [1.82, 2.24) is 9.78 Å². The monoisotopic (exact) mass is 828 g/mol. The zero-order chi connectivity index (χ0) is 40.1. The van der Waals surface area contributed by atoms with Crippen LogP contribution in [0.15, 0.2) is 143 Å². The smallest absolute Gasteiger partial charge is 0.231 e. The first-order chi connectivity index (χ1) is 27.8. The van der Waals surface area contributed by atoms with Gasteiger partial charge in [0.25, 0.3) is 0 Å². The van der Waals surface area contributed by atoms with Crippen molar-refractivity contribution in [2.45, 2.75) is 11.6 Å². The van der Waals surface area contributed by atoms with Crippen molar-refractivity contribution in [3.63, 3.8) is 0 Å². The van der Waals surface area contributed by atoms with Gasteiger partial charge in [0, 0.05) is 24.4 Å². The van der Waals surface area contributed by atoms with E-state index in [-0.39, 0.29) is 11.5 Å². The van der Waals surface area contributed by atoms with E-state index in [1.165, 1.54) is 7.11 Å². The Kier molecular flexibility index (Phi) is 11.5. The molecule has 10 nitrogen and oxygen atoms in total. The molecule has 1 atom stereocenters. The third kappa shape index (κ3) is 7.39. The second kappa shape index (κ2) is 16.8. The largest absolute Gasteiger partial charge is 0.497 e. The molecule has 0 radical (unpaired) electrons. The van der Waals surface area contributed by atoms with E-state index >= 15 is 0 Å². The first kappa shape index (κ1) is 39.0. The van der Waals surface area contributed by atoms with Crippen molar-refractivity contribution in [2.24, 2.45) is 0 Å². The highest BCUT2D eigenvalue weighted by atomic mass is 79.9. The van der Waals surface area contributed by atoms with Crippen molar-refractivity contribution in [3.05, 3.63) is 166 Å². The zero-order valence-corrected chi connectivity index (χ0v) is 33.9. The van der Waals surface area contributed by atoms with Gasteiger partial charge in [0.1, 0.15) is 50.6 Å². The fourth-order valence-corrected chi connectivity index (χ4v) is 7.61. The maximum absolute atomic E-state index is 13.8. The van der Waals surface area contributed by atoms with Crippen molar-refractivity contribution in [3.8, 4) is 51.2 Å². The zero-order valence-electron chi connectivity index (χ0n) is 32.3. The number of furan rings is 1. The molecule has 2 heterocycles. The number of carbonyl (C=O) groups excluding carboxylic acids is 1. The molecule has 7 aromatic rings. The first-order valence-electron chi connectivity index (χ1n) is 18.0. The maximum atomic E-state index is 13.8. The Labute approximate surface area is 339 Å². The number of rotatable bonds is 15. The van der Waals surface area contributed by atoms with Gasteiger partial charge in [-0.05, 0) is 104 Å². The number of nitrogens with zero attached hydrogens (tertiary/aromatic N) is 2. The number of aromatic nitrogens is 2. The minimum Gasteiger partial charge on any atom is -0.497 e. The van der Waals surface area contributed by atoms with Crippen LogP contribution < -0.4 is 23.7 Å². The fraction of sp³-hybridized carbons (Fsp3) is 0.174. The molecule has 0 saturated heterocycles. The summed E-state index contributed by atoms with van der Waals surface area (Å²) in [5.74, 6) is 3.70. The van der Waals surface area contributed by atoms with Crippen LogP contribution in [0, 0.1) is 0 Å². The summed E-state index contributed by atoms with van der Waals surface area (Å²) in [5, 5.41) is 5.03. The molecule has 0 aliphatic rings. The van der Waals surface area contributed by atoms with Crippen molar-refractivity contribution < 1.29 is 37.6 Å². The highest BCUT2D eigenvalue weighted by Gasteiger charge is 2.40. The van der Waals surface area contributed by atoms with E-state index in [1.54, 1.807) is 47.7 Å². The number of hydrogen-bond donors (Lipinski definition) is 0. The maximum Gasteiger partial charge on any atom is 0.231 e.